The number of carbonyl (C=O) groups excluding carboxylic acids is 1. The van der Waals surface area contributed by atoms with Crippen molar-refractivity contribution in [1.29, 1.82) is 0 Å². The number of sulfone groups is 1. The smallest absolute Gasteiger partial charge is 0.315 e. The summed E-state index contributed by atoms with van der Waals surface area (Å²) in [4.78, 5) is 11.6. The van der Waals surface area contributed by atoms with Crippen LogP contribution < -0.4 is 10.6 Å². The molecule has 0 aromatic rings. The van der Waals surface area contributed by atoms with Gasteiger partial charge in [-0.3, -0.25) is 0 Å². The number of amides is 2. The Morgan fingerprint density at radius 1 is 1.53 bits per heavy atom. The van der Waals surface area contributed by atoms with E-state index in [-0.39, 0.29) is 23.9 Å². The highest BCUT2D eigenvalue weighted by Gasteiger charge is 2.15. The fraction of sp³-hybridized carbons (Fsp3) is 0.727. The Labute approximate surface area is 103 Å². The molecule has 0 unspecified atom stereocenters. The van der Waals surface area contributed by atoms with Gasteiger partial charge >= 0.3 is 6.03 Å². The van der Waals surface area contributed by atoms with Crippen LogP contribution >= 0.6 is 0 Å². The summed E-state index contributed by atoms with van der Waals surface area (Å²) in [7, 11) is -3.06. The standard InChI is InChI=1S/C11H20N2O3S/c1-9(8-17(2,15)16)12-11(14)13-10-6-4-3-5-7-10/h4,6,9-10H,3,5,7-8H2,1-2H3,(H2,12,13,14)/t9-,10-/m1/s1. The van der Waals surface area contributed by atoms with Crippen LogP contribution in [0.15, 0.2) is 12.2 Å². The Morgan fingerprint density at radius 2 is 2.24 bits per heavy atom. The van der Waals surface area contributed by atoms with Crippen molar-refractivity contribution in [2.75, 3.05) is 12.0 Å². The van der Waals surface area contributed by atoms with Crippen LogP contribution in [0, 0.1) is 0 Å². The molecule has 0 aliphatic heterocycles. The number of hydrogen-bond donors (Lipinski definition) is 2. The minimum absolute atomic E-state index is 0.0407. The lowest BCUT2D eigenvalue weighted by molar-refractivity contribution is 0.236. The highest BCUT2D eigenvalue weighted by molar-refractivity contribution is 7.90. The molecule has 1 aliphatic carbocycles. The first kappa shape index (κ1) is 14.0. The lowest BCUT2D eigenvalue weighted by Gasteiger charge is -2.20. The van der Waals surface area contributed by atoms with Crippen LogP contribution in [0.3, 0.4) is 0 Å². The number of carbonyl (C=O) groups is 1. The zero-order chi connectivity index (χ0) is 12.9. The van der Waals surface area contributed by atoms with Gasteiger partial charge in [0.2, 0.25) is 0 Å². The fourth-order valence-corrected chi connectivity index (χ4v) is 2.85. The summed E-state index contributed by atoms with van der Waals surface area (Å²) in [5.41, 5.74) is 0. The zero-order valence-corrected chi connectivity index (χ0v) is 11.1. The van der Waals surface area contributed by atoms with Crippen molar-refractivity contribution < 1.29 is 13.2 Å². The first-order valence-corrected chi connectivity index (χ1v) is 7.84. The van der Waals surface area contributed by atoms with Crippen LogP contribution in [0.4, 0.5) is 4.79 Å². The van der Waals surface area contributed by atoms with Crippen LogP contribution in [0.2, 0.25) is 0 Å². The van der Waals surface area contributed by atoms with Crippen LogP contribution in [-0.4, -0.2) is 38.5 Å². The van der Waals surface area contributed by atoms with E-state index in [1.807, 2.05) is 12.2 Å². The molecule has 0 saturated heterocycles. The zero-order valence-electron chi connectivity index (χ0n) is 10.3. The van der Waals surface area contributed by atoms with Crippen molar-refractivity contribution in [3.05, 3.63) is 12.2 Å². The summed E-state index contributed by atoms with van der Waals surface area (Å²) in [5.74, 6) is -0.0407. The summed E-state index contributed by atoms with van der Waals surface area (Å²) >= 11 is 0. The molecule has 0 heterocycles. The molecule has 0 saturated carbocycles. The molecule has 6 heteroatoms. The average Bonchev–Trinajstić information content (AvgIpc) is 2.15. The van der Waals surface area contributed by atoms with Crippen LogP contribution in [0.1, 0.15) is 26.2 Å². The third-order valence-corrected chi connectivity index (χ3v) is 3.61. The van der Waals surface area contributed by atoms with E-state index in [0.29, 0.717) is 0 Å². The Balaban J connectivity index is 2.33. The van der Waals surface area contributed by atoms with Crippen molar-refractivity contribution in [3.63, 3.8) is 0 Å². The van der Waals surface area contributed by atoms with E-state index in [0.717, 1.165) is 25.5 Å². The molecule has 17 heavy (non-hydrogen) atoms. The van der Waals surface area contributed by atoms with Crippen LogP contribution in [0.5, 0.6) is 0 Å². The Morgan fingerprint density at radius 3 is 2.76 bits per heavy atom. The highest BCUT2D eigenvalue weighted by atomic mass is 32.2. The van der Waals surface area contributed by atoms with Gasteiger partial charge in [-0.05, 0) is 26.2 Å². The molecule has 1 aliphatic rings. The number of hydrogen-bond acceptors (Lipinski definition) is 3. The number of urea groups is 1. The first-order valence-electron chi connectivity index (χ1n) is 5.78. The maximum Gasteiger partial charge on any atom is 0.315 e. The summed E-state index contributed by atoms with van der Waals surface area (Å²) < 4.78 is 22.1. The Kier molecular flexibility index (Phi) is 4.99. The van der Waals surface area contributed by atoms with Gasteiger partial charge in [-0.15, -0.1) is 0 Å². The van der Waals surface area contributed by atoms with E-state index in [1.54, 1.807) is 6.92 Å². The van der Waals surface area contributed by atoms with Crippen molar-refractivity contribution in [3.8, 4) is 0 Å². The largest absolute Gasteiger partial charge is 0.335 e. The topological polar surface area (TPSA) is 75.3 Å². The van der Waals surface area contributed by atoms with Crippen molar-refractivity contribution in [2.24, 2.45) is 0 Å². The van der Waals surface area contributed by atoms with E-state index in [1.165, 1.54) is 0 Å². The average molecular weight is 260 g/mol. The van der Waals surface area contributed by atoms with Gasteiger partial charge in [-0.1, -0.05) is 12.2 Å². The van der Waals surface area contributed by atoms with E-state index < -0.39 is 9.84 Å². The van der Waals surface area contributed by atoms with E-state index in [2.05, 4.69) is 10.6 Å². The van der Waals surface area contributed by atoms with Crippen molar-refractivity contribution in [2.45, 2.75) is 38.3 Å². The monoisotopic (exact) mass is 260 g/mol. The van der Waals surface area contributed by atoms with E-state index in [4.69, 9.17) is 0 Å². The second kappa shape index (κ2) is 6.05. The molecule has 0 radical (unpaired) electrons. The van der Waals surface area contributed by atoms with Gasteiger partial charge in [0.1, 0.15) is 9.84 Å². The molecular formula is C11H20N2O3S. The molecule has 5 nitrogen and oxygen atoms in total. The van der Waals surface area contributed by atoms with Gasteiger partial charge in [0.25, 0.3) is 0 Å². The molecule has 0 spiro atoms. The van der Waals surface area contributed by atoms with Gasteiger partial charge < -0.3 is 10.6 Å². The summed E-state index contributed by atoms with van der Waals surface area (Å²) in [6.45, 7) is 1.68. The van der Waals surface area contributed by atoms with Gasteiger partial charge in [0, 0.05) is 18.3 Å². The second-order valence-electron chi connectivity index (χ2n) is 4.58. The number of allylic oxidation sites excluding steroid dienone is 1. The molecule has 0 fully saturated rings. The van der Waals surface area contributed by atoms with E-state index in [9.17, 15) is 13.2 Å². The summed E-state index contributed by atoms with van der Waals surface area (Å²) in [5, 5.41) is 5.42. The highest BCUT2D eigenvalue weighted by Crippen LogP contribution is 2.09. The van der Waals surface area contributed by atoms with Gasteiger partial charge in [-0.25, -0.2) is 13.2 Å². The Hall–Kier alpha value is -1.04. The molecule has 2 N–H and O–H groups in total. The molecule has 2 amide bonds. The van der Waals surface area contributed by atoms with Crippen molar-refractivity contribution in [1.82, 2.24) is 10.6 Å². The molecule has 1 rings (SSSR count). The Bertz CT molecular complexity index is 390. The number of nitrogens with one attached hydrogen (secondary N) is 2. The van der Waals surface area contributed by atoms with Crippen LogP contribution in [-0.2, 0) is 9.84 Å². The normalized spacial score (nSPS) is 21.9. The summed E-state index contributed by atoms with van der Waals surface area (Å²) in [6, 6.07) is -0.621. The lowest BCUT2D eigenvalue weighted by atomic mass is 10.0. The molecular weight excluding hydrogens is 240 g/mol. The van der Waals surface area contributed by atoms with E-state index >= 15 is 0 Å². The van der Waals surface area contributed by atoms with Crippen molar-refractivity contribution >= 4 is 15.9 Å². The minimum atomic E-state index is -3.06. The van der Waals surface area contributed by atoms with Gasteiger partial charge in [-0.2, -0.15) is 0 Å². The van der Waals surface area contributed by atoms with Gasteiger partial charge in [0.15, 0.2) is 0 Å². The third kappa shape index (κ3) is 6.31. The molecule has 0 aromatic carbocycles. The number of rotatable bonds is 4. The minimum Gasteiger partial charge on any atom is -0.335 e. The maximum absolute atomic E-state index is 11.6. The van der Waals surface area contributed by atoms with Crippen LogP contribution in [0.25, 0.3) is 0 Å². The summed E-state index contributed by atoms with van der Waals surface area (Å²) in [6.07, 6.45) is 8.25. The SMILES string of the molecule is C[C@H](CS(C)(=O)=O)NC(=O)N[C@@H]1C=CCCC1. The first-order chi connectivity index (χ1) is 7.87. The third-order valence-electron chi connectivity index (χ3n) is 2.50. The quantitative estimate of drug-likeness (QED) is 0.735. The molecule has 98 valence electrons. The predicted octanol–water partition coefficient (Wildman–Crippen LogP) is 0.827. The molecule has 0 bridgehead atoms. The maximum atomic E-state index is 11.6. The molecule has 0 aromatic heterocycles. The lowest BCUT2D eigenvalue weighted by Crippen LogP contribution is -2.47. The fourth-order valence-electron chi connectivity index (χ4n) is 1.86. The second-order valence-corrected chi connectivity index (χ2v) is 6.76. The van der Waals surface area contributed by atoms with Gasteiger partial charge in [0.05, 0.1) is 5.75 Å². The molecule has 2 atom stereocenters. The predicted molar refractivity (Wildman–Crippen MR) is 67.6 cm³/mol.